The predicted molar refractivity (Wildman–Crippen MR) is 115 cm³/mol. The Morgan fingerprint density at radius 2 is 1.72 bits per heavy atom. The Hall–Kier alpha value is -3.98. The normalized spacial score (nSPS) is 21.3. The van der Waals surface area contributed by atoms with E-state index in [0.29, 0.717) is 22.6 Å². The van der Waals surface area contributed by atoms with Crippen LogP contribution < -0.4 is 4.74 Å². The van der Waals surface area contributed by atoms with Gasteiger partial charge in [0.2, 0.25) is 0 Å². The molecule has 160 valence electrons. The summed E-state index contributed by atoms with van der Waals surface area (Å²) in [6.45, 7) is 1.77. The van der Waals surface area contributed by atoms with E-state index in [-0.39, 0.29) is 12.4 Å². The Morgan fingerprint density at radius 3 is 2.34 bits per heavy atom. The topological polar surface area (TPSA) is 76.4 Å². The molecule has 5 nitrogen and oxygen atoms in total. The summed E-state index contributed by atoms with van der Waals surface area (Å²) in [6, 6.07) is 23.2. The molecule has 0 bridgehead atoms. The summed E-state index contributed by atoms with van der Waals surface area (Å²) in [5.41, 5.74) is -0.483. The third-order valence-corrected chi connectivity index (χ3v) is 5.62. The van der Waals surface area contributed by atoms with E-state index >= 15 is 0 Å². The molecule has 0 aromatic heterocycles. The Balaban J connectivity index is 1.64. The van der Waals surface area contributed by atoms with Crippen LogP contribution in [-0.4, -0.2) is 18.4 Å². The van der Waals surface area contributed by atoms with Crippen LogP contribution >= 0.6 is 0 Å². The number of ketones is 1. The van der Waals surface area contributed by atoms with Gasteiger partial charge in [0.25, 0.3) is 0 Å². The van der Waals surface area contributed by atoms with Crippen molar-refractivity contribution in [2.75, 3.05) is 6.61 Å². The number of esters is 1. The SMILES string of the molecule is CCOC(=O)C1(C#N)[C@H](C(=O)c2ccccc2)[C@H]1c1ccc(Oc2cccc(F)c2)cc1. The van der Waals surface area contributed by atoms with Crippen molar-refractivity contribution in [3.63, 3.8) is 0 Å². The highest BCUT2D eigenvalue weighted by Crippen LogP contribution is 2.66. The number of ether oxygens (including phenoxy) is 2. The predicted octanol–water partition coefficient (Wildman–Crippen LogP) is 5.29. The first kappa shape index (κ1) is 21.3. The summed E-state index contributed by atoms with van der Waals surface area (Å²) in [4.78, 5) is 26.0. The lowest BCUT2D eigenvalue weighted by atomic mass is 9.99. The molecule has 1 saturated carbocycles. The van der Waals surface area contributed by atoms with Gasteiger partial charge in [-0.15, -0.1) is 0 Å². The highest BCUT2D eigenvalue weighted by molar-refractivity contribution is 6.07. The molecule has 0 aliphatic heterocycles. The number of halogens is 1. The van der Waals surface area contributed by atoms with Crippen LogP contribution in [0.25, 0.3) is 0 Å². The molecule has 3 aromatic carbocycles. The van der Waals surface area contributed by atoms with Crippen LogP contribution in [0.5, 0.6) is 11.5 Å². The second kappa shape index (κ2) is 8.64. The second-order valence-electron chi connectivity index (χ2n) is 7.52. The molecule has 1 aliphatic carbocycles. The summed E-state index contributed by atoms with van der Waals surface area (Å²) >= 11 is 0. The lowest BCUT2D eigenvalue weighted by Crippen LogP contribution is -2.23. The Bertz CT molecular complexity index is 1190. The zero-order valence-electron chi connectivity index (χ0n) is 17.3. The molecule has 1 aliphatic rings. The number of nitriles is 1. The van der Waals surface area contributed by atoms with E-state index < -0.39 is 29.0 Å². The number of nitrogens with zero attached hydrogens (tertiary/aromatic N) is 1. The maximum atomic E-state index is 13.4. The lowest BCUT2D eigenvalue weighted by molar-refractivity contribution is -0.147. The highest BCUT2D eigenvalue weighted by Gasteiger charge is 2.75. The first-order valence-corrected chi connectivity index (χ1v) is 10.2. The average Bonchev–Trinajstić information content (AvgIpc) is 3.50. The van der Waals surface area contributed by atoms with Crippen molar-refractivity contribution in [3.05, 3.63) is 95.8 Å². The molecule has 1 fully saturated rings. The van der Waals surface area contributed by atoms with Gasteiger partial charge in [0.15, 0.2) is 11.2 Å². The minimum atomic E-state index is -1.58. The molecule has 1 unspecified atom stereocenters. The molecule has 6 heteroatoms. The first-order valence-electron chi connectivity index (χ1n) is 10.2. The van der Waals surface area contributed by atoms with Gasteiger partial charge in [-0.2, -0.15) is 5.26 Å². The van der Waals surface area contributed by atoms with Gasteiger partial charge < -0.3 is 9.47 Å². The molecule has 0 heterocycles. The van der Waals surface area contributed by atoms with Gasteiger partial charge in [0.05, 0.1) is 18.6 Å². The standard InChI is InChI=1S/C26H20FNO4/c1-2-31-25(30)26(16-28)22(23(26)24(29)18-7-4-3-5-8-18)17-11-13-20(14-12-17)32-21-10-6-9-19(27)15-21/h3-15,22-23H,2H2,1H3/t22-,23+,26?/m1/s1. The number of rotatable bonds is 7. The fraction of sp³-hybridized carbons (Fsp3) is 0.192. The number of carbonyl (C=O) groups excluding carboxylic acids is 2. The minimum absolute atomic E-state index is 0.113. The molecule has 4 rings (SSSR count). The molecule has 3 aromatic rings. The van der Waals surface area contributed by atoms with Gasteiger partial charge in [0.1, 0.15) is 17.3 Å². The molecular weight excluding hydrogens is 409 g/mol. The van der Waals surface area contributed by atoms with E-state index in [0.717, 1.165) is 0 Å². The van der Waals surface area contributed by atoms with Crippen molar-refractivity contribution in [1.29, 1.82) is 5.26 Å². The van der Waals surface area contributed by atoms with E-state index in [1.807, 2.05) is 0 Å². The van der Waals surface area contributed by atoms with Crippen molar-refractivity contribution in [1.82, 2.24) is 0 Å². The van der Waals surface area contributed by atoms with Crippen molar-refractivity contribution >= 4 is 11.8 Å². The summed E-state index contributed by atoms with van der Waals surface area (Å²) in [5.74, 6) is -2.05. The van der Waals surface area contributed by atoms with Crippen molar-refractivity contribution in [3.8, 4) is 17.6 Å². The number of hydrogen-bond acceptors (Lipinski definition) is 5. The molecule has 0 amide bonds. The third kappa shape index (κ3) is 3.74. The number of Topliss-reactive ketones (excluding diaryl/α,β-unsaturated/α-hetero) is 1. The van der Waals surface area contributed by atoms with Crippen molar-refractivity contribution < 1.29 is 23.5 Å². The summed E-state index contributed by atoms with van der Waals surface area (Å²) < 4.78 is 24.2. The fourth-order valence-electron chi connectivity index (χ4n) is 4.08. The Labute approximate surface area is 185 Å². The van der Waals surface area contributed by atoms with E-state index in [9.17, 15) is 19.2 Å². The van der Waals surface area contributed by atoms with Gasteiger partial charge in [-0.3, -0.25) is 9.59 Å². The zero-order valence-corrected chi connectivity index (χ0v) is 17.3. The van der Waals surface area contributed by atoms with Crippen molar-refractivity contribution in [2.24, 2.45) is 11.3 Å². The smallest absolute Gasteiger partial charge is 0.327 e. The third-order valence-electron chi connectivity index (χ3n) is 5.62. The van der Waals surface area contributed by atoms with Gasteiger partial charge in [-0.1, -0.05) is 48.5 Å². The van der Waals surface area contributed by atoms with Crippen LogP contribution in [0, 0.1) is 28.5 Å². The zero-order chi connectivity index (χ0) is 22.7. The van der Waals surface area contributed by atoms with Crippen LogP contribution in [0.15, 0.2) is 78.9 Å². The van der Waals surface area contributed by atoms with E-state index in [4.69, 9.17) is 9.47 Å². The number of carbonyl (C=O) groups is 2. The quantitative estimate of drug-likeness (QED) is 0.377. The van der Waals surface area contributed by atoms with Gasteiger partial charge in [0, 0.05) is 17.5 Å². The van der Waals surface area contributed by atoms with Crippen LogP contribution in [0.4, 0.5) is 4.39 Å². The first-order chi connectivity index (χ1) is 15.5. The number of benzene rings is 3. The van der Waals surface area contributed by atoms with Gasteiger partial charge in [-0.05, 0) is 36.8 Å². The van der Waals surface area contributed by atoms with Crippen LogP contribution in [-0.2, 0) is 9.53 Å². The van der Waals surface area contributed by atoms with Crippen LogP contribution in [0.2, 0.25) is 0 Å². The van der Waals surface area contributed by atoms with E-state index in [2.05, 4.69) is 6.07 Å². The largest absolute Gasteiger partial charge is 0.465 e. The molecule has 0 spiro atoms. The highest BCUT2D eigenvalue weighted by atomic mass is 19.1. The summed E-state index contributed by atoms with van der Waals surface area (Å²) in [5, 5.41) is 9.96. The Kier molecular flexibility index (Phi) is 5.74. The average molecular weight is 429 g/mol. The van der Waals surface area contributed by atoms with Crippen LogP contribution in [0.3, 0.4) is 0 Å². The monoisotopic (exact) mass is 429 g/mol. The molecule has 0 saturated heterocycles. The van der Waals surface area contributed by atoms with Gasteiger partial charge >= 0.3 is 5.97 Å². The Morgan fingerprint density at radius 1 is 1.00 bits per heavy atom. The maximum absolute atomic E-state index is 13.4. The molecule has 3 atom stereocenters. The molecular formula is C26H20FNO4. The fourth-order valence-corrected chi connectivity index (χ4v) is 4.08. The second-order valence-corrected chi connectivity index (χ2v) is 7.52. The van der Waals surface area contributed by atoms with Crippen LogP contribution in [0.1, 0.15) is 28.8 Å². The van der Waals surface area contributed by atoms with E-state index in [1.54, 1.807) is 73.7 Å². The molecule has 0 radical (unpaired) electrons. The summed E-state index contributed by atoms with van der Waals surface area (Å²) in [6.07, 6.45) is 0. The molecule has 32 heavy (non-hydrogen) atoms. The lowest BCUT2D eigenvalue weighted by Gasteiger charge is -2.09. The molecule has 0 N–H and O–H groups in total. The summed E-state index contributed by atoms with van der Waals surface area (Å²) in [7, 11) is 0. The number of hydrogen-bond donors (Lipinski definition) is 0. The van der Waals surface area contributed by atoms with Crippen molar-refractivity contribution in [2.45, 2.75) is 12.8 Å². The maximum Gasteiger partial charge on any atom is 0.327 e. The minimum Gasteiger partial charge on any atom is -0.465 e. The van der Waals surface area contributed by atoms with E-state index in [1.165, 1.54) is 12.1 Å². The van der Waals surface area contributed by atoms with Gasteiger partial charge in [-0.25, -0.2) is 4.39 Å².